The van der Waals surface area contributed by atoms with Crippen LogP contribution in [0.5, 0.6) is 0 Å². The molecule has 0 radical (unpaired) electrons. The summed E-state index contributed by atoms with van der Waals surface area (Å²) in [6.45, 7) is 0.697. The number of anilines is 1. The van der Waals surface area contributed by atoms with Crippen molar-refractivity contribution in [2.45, 2.75) is 6.54 Å². The minimum absolute atomic E-state index is 0.607. The predicted octanol–water partition coefficient (Wildman–Crippen LogP) is 6.56. The summed E-state index contributed by atoms with van der Waals surface area (Å²) in [6.07, 6.45) is 1.78. The molecule has 0 saturated carbocycles. The van der Waals surface area contributed by atoms with Gasteiger partial charge in [0.15, 0.2) is 0 Å². The van der Waals surface area contributed by atoms with E-state index in [2.05, 4.69) is 45.6 Å². The largest absolute Gasteiger partial charge is 0.366 e. The van der Waals surface area contributed by atoms with E-state index in [0.29, 0.717) is 11.6 Å². The third-order valence-corrected chi connectivity index (χ3v) is 5.34. The Bertz CT molecular complexity index is 1300. The number of pyridine rings is 2. The van der Waals surface area contributed by atoms with E-state index in [9.17, 15) is 0 Å². The molecule has 146 valence electrons. The van der Waals surface area contributed by atoms with Gasteiger partial charge in [-0.05, 0) is 35.4 Å². The number of halogens is 1. The third kappa shape index (κ3) is 3.65. The van der Waals surface area contributed by atoms with Crippen LogP contribution >= 0.6 is 11.6 Å². The van der Waals surface area contributed by atoms with Gasteiger partial charge in [0.05, 0.1) is 10.7 Å². The van der Waals surface area contributed by atoms with Crippen LogP contribution in [0, 0.1) is 0 Å². The summed E-state index contributed by atoms with van der Waals surface area (Å²) in [4.78, 5) is 12.7. The summed E-state index contributed by atoms with van der Waals surface area (Å²) in [6, 6.07) is 28.3. The molecule has 0 spiro atoms. The van der Waals surface area contributed by atoms with E-state index in [0.717, 1.165) is 39.4 Å². The van der Waals surface area contributed by atoms with Gasteiger partial charge in [0.25, 0.3) is 0 Å². The molecule has 0 saturated heterocycles. The summed E-state index contributed by atoms with van der Waals surface area (Å²) in [7, 11) is 0. The molecule has 0 fully saturated rings. The van der Waals surface area contributed by atoms with Gasteiger partial charge < -0.3 is 10.3 Å². The number of rotatable bonds is 5. The molecule has 0 amide bonds. The van der Waals surface area contributed by atoms with Crippen molar-refractivity contribution in [1.82, 2.24) is 15.0 Å². The maximum Gasteiger partial charge on any atom is 0.138 e. The fraction of sp³-hybridized carbons (Fsp3) is 0.0400. The molecule has 2 aromatic carbocycles. The number of hydrogen-bond acceptors (Lipinski definition) is 3. The van der Waals surface area contributed by atoms with Crippen LogP contribution in [-0.4, -0.2) is 15.0 Å². The molecule has 0 aliphatic rings. The van der Waals surface area contributed by atoms with Crippen LogP contribution < -0.4 is 5.32 Å². The fourth-order valence-corrected chi connectivity index (χ4v) is 3.73. The van der Waals surface area contributed by atoms with Crippen LogP contribution in [0.15, 0.2) is 91.1 Å². The fourth-order valence-electron chi connectivity index (χ4n) is 3.52. The lowest BCUT2D eigenvalue weighted by Gasteiger charge is -2.10. The summed E-state index contributed by atoms with van der Waals surface area (Å²) in [5, 5.41) is 4.98. The molecule has 3 heterocycles. The molecule has 0 atom stereocenters. The van der Waals surface area contributed by atoms with E-state index in [-0.39, 0.29) is 0 Å². The summed E-state index contributed by atoms with van der Waals surface area (Å²) in [5.41, 5.74) is 5.82. The number of aromatic nitrogens is 3. The van der Waals surface area contributed by atoms with Gasteiger partial charge in [-0.1, -0.05) is 72.3 Å². The average Bonchev–Trinajstić information content (AvgIpc) is 3.24. The van der Waals surface area contributed by atoms with Gasteiger partial charge >= 0.3 is 0 Å². The zero-order valence-corrected chi connectivity index (χ0v) is 16.9. The first-order chi connectivity index (χ1) is 14.8. The van der Waals surface area contributed by atoms with Crippen molar-refractivity contribution in [3.8, 4) is 22.5 Å². The van der Waals surface area contributed by atoms with Crippen LogP contribution in [0.25, 0.3) is 33.5 Å². The first-order valence-electron chi connectivity index (χ1n) is 9.76. The molecule has 0 bridgehead atoms. The normalized spacial score (nSPS) is 11.0. The molecule has 5 aromatic rings. The number of fused-ring (bicyclic) bond motifs is 1. The molecule has 5 heteroatoms. The minimum atomic E-state index is 0.607. The second-order valence-corrected chi connectivity index (χ2v) is 7.44. The van der Waals surface area contributed by atoms with Gasteiger partial charge in [-0.2, -0.15) is 0 Å². The first-order valence-corrected chi connectivity index (χ1v) is 10.1. The molecule has 4 nitrogen and oxygen atoms in total. The standard InChI is InChI=1S/C25H19ClN4/c26-21-11-12-23(28-16-17-7-3-1-4-8-17)30-24(21)19-13-14-27-25-20(19)15-22(29-25)18-9-5-2-6-10-18/h1-15H,16H2,(H,27,29)(H,28,30). The van der Waals surface area contributed by atoms with Gasteiger partial charge in [-0.25, -0.2) is 9.97 Å². The molecule has 30 heavy (non-hydrogen) atoms. The number of benzene rings is 2. The topological polar surface area (TPSA) is 53.6 Å². The van der Waals surface area contributed by atoms with E-state index in [1.807, 2.05) is 54.6 Å². The Hall–Kier alpha value is -3.63. The lowest BCUT2D eigenvalue weighted by Crippen LogP contribution is -2.02. The lowest BCUT2D eigenvalue weighted by atomic mass is 10.1. The Morgan fingerprint density at radius 1 is 0.867 bits per heavy atom. The molecule has 0 aliphatic heterocycles. The molecule has 0 unspecified atom stereocenters. The first kappa shape index (κ1) is 18.4. The average molecular weight is 411 g/mol. The van der Waals surface area contributed by atoms with Crippen LogP contribution in [0.3, 0.4) is 0 Å². The quantitative estimate of drug-likeness (QED) is 0.345. The van der Waals surface area contributed by atoms with E-state index in [1.165, 1.54) is 5.56 Å². The smallest absolute Gasteiger partial charge is 0.138 e. The molecule has 5 rings (SSSR count). The van der Waals surface area contributed by atoms with Crippen molar-refractivity contribution in [2.75, 3.05) is 5.32 Å². The second kappa shape index (κ2) is 8.01. The minimum Gasteiger partial charge on any atom is -0.366 e. The number of nitrogens with zero attached hydrogens (tertiary/aromatic N) is 2. The zero-order valence-electron chi connectivity index (χ0n) is 16.1. The molecule has 2 N–H and O–H groups in total. The zero-order chi connectivity index (χ0) is 20.3. The van der Waals surface area contributed by atoms with E-state index < -0.39 is 0 Å². The number of nitrogens with one attached hydrogen (secondary N) is 2. The van der Waals surface area contributed by atoms with E-state index in [4.69, 9.17) is 16.6 Å². The SMILES string of the molecule is Clc1ccc(NCc2ccccc2)nc1-c1ccnc2[nH]c(-c3ccccc3)cc12. The second-order valence-electron chi connectivity index (χ2n) is 7.04. The van der Waals surface area contributed by atoms with E-state index in [1.54, 1.807) is 6.20 Å². The summed E-state index contributed by atoms with van der Waals surface area (Å²) < 4.78 is 0. The maximum atomic E-state index is 6.55. The molecule has 3 aromatic heterocycles. The Morgan fingerprint density at radius 2 is 1.63 bits per heavy atom. The summed E-state index contributed by atoms with van der Waals surface area (Å²) >= 11 is 6.55. The highest BCUT2D eigenvalue weighted by molar-refractivity contribution is 6.33. The van der Waals surface area contributed by atoms with Crippen LogP contribution in [0.1, 0.15) is 5.56 Å². The monoisotopic (exact) mass is 410 g/mol. The van der Waals surface area contributed by atoms with Gasteiger partial charge in [-0.3, -0.25) is 0 Å². The molecular weight excluding hydrogens is 392 g/mol. The highest BCUT2D eigenvalue weighted by atomic mass is 35.5. The van der Waals surface area contributed by atoms with Crippen molar-refractivity contribution in [3.63, 3.8) is 0 Å². The Morgan fingerprint density at radius 3 is 2.43 bits per heavy atom. The third-order valence-electron chi connectivity index (χ3n) is 5.03. The Labute approximate surface area is 179 Å². The van der Waals surface area contributed by atoms with Gasteiger partial charge in [-0.15, -0.1) is 0 Å². The lowest BCUT2D eigenvalue weighted by molar-refractivity contribution is 1.11. The molecular formula is C25H19ClN4. The predicted molar refractivity (Wildman–Crippen MR) is 124 cm³/mol. The van der Waals surface area contributed by atoms with Crippen molar-refractivity contribution < 1.29 is 0 Å². The number of aromatic amines is 1. The van der Waals surface area contributed by atoms with Crippen LogP contribution in [-0.2, 0) is 6.54 Å². The Kier molecular flexibility index (Phi) is 4.91. The molecule has 0 aliphatic carbocycles. The van der Waals surface area contributed by atoms with Crippen LogP contribution in [0.4, 0.5) is 5.82 Å². The van der Waals surface area contributed by atoms with Crippen LogP contribution in [0.2, 0.25) is 5.02 Å². The van der Waals surface area contributed by atoms with Crippen molar-refractivity contribution in [3.05, 3.63) is 102 Å². The van der Waals surface area contributed by atoms with Gasteiger partial charge in [0.2, 0.25) is 0 Å². The highest BCUT2D eigenvalue weighted by Crippen LogP contribution is 2.34. The van der Waals surface area contributed by atoms with Crippen molar-refractivity contribution in [2.24, 2.45) is 0 Å². The summed E-state index contributed by atoms with van der Waals surface area (Å²) in [5.74, 6) is 0.780. The highest BCUT2D eigenvalue weighted by Gasteiger charge is 2.14. The number of hydrogen-bond donors (Lipinski definition) is 2. The van der Waals surface area contributed by atoms with Gasteiger partial charge in [0.1, 0.15) is 11.5 Å². The van der Waals surface area contributed by atoms with Crippen molar-refractivity contribution in [1.29, 1.82) is 0 Å². The van der Waals surface area contributed by atoms with Gasteiger partial charge in [0, 0.05) is 29.4 Å². The Balaban J connectivity index is 1.52. The van der Waals surface area contributed by atoms with Crippen molar-refractivity contribution >= 4 is 28.5 Å². The maximum absolute atomic E-state index is 6.55. The van der Waals surface area contributed by atoms with E-state index >= 15 is 0 Å². The number of H-pyrrole nitrogens is 1.